The van der Waals surface area contributed by atoms with Gasteiger partial charge in [0.05, 0.1) is 5.56 Å². The Labute approximate surface area is 148 Å². The first-order valence-corrected chi connectivity index (χ1v) is 7.97. The normalized spacial score (nSPS) is 14.1. The lowest BCUT2D eigenvalue weighted by molar-refractivity contribution is -0.272. The van der Waals surface area contributed by atoms with Crippen LogP contribution >= 0.6 is 0 Å². The lowest BCUT2D eigenvalue weighted by Crippen LogP contribution is -2.46. The number of aliphatic hydroxyl groups is 1. The molecule has 3 N–H and O–H groups in total. The molecule has 0 aliphatic rings. The molecule has 0 saturated heterocycles. The number of nitrogens with zero attached hydrogens (tertiary/aromatic N) is 2. The molecule has 9 heteroatoms. The Kier molecular flexibility index (Phi) is 5.60. The van der Waals surface area contributed by atoms with Crippen molar-refractivity contribution in [3.05, 3.63) is 47.5 Å². The fraction of sp³-hybridized carbons (Fsp3) is 0.412. The van der Waals surface area contributed by atoms with Crippen LogP contribution in [0.2, 0.25) is 0 Å². The van der Waals surface area contributed by atoms with Crippen LogP contribution in [-0.4, -0.2) is 38.4 Å². The zero-order chi connectivity index (χ0) is 19.5. The van der Waals surface area contributed by atoms with Gasteiger partial charge in [-0.05, 0) is 24.1 Å². The third-order valence-corrected chi connectivity index (χ3v) is 4.15. The van der Waals surface area contributed by atoms with E-state index in [1.807, 2.05) is 6.92 Å². The molecule has 1 aromatic carbocycles. The van der Waals surface area contributed by atoms with E-state index in [0.29, 0.717) is 6.42 Å². The van der Waals surface area contributed by atoms with Gasteiger partial charge in [-0.25, -0.2) is 4.98 Å². The minimum absolute atomic E-state index is 0.0307. The van der Waals surface area contributed by atoms with Gasteiger partial charge in [-0.15, -0.1) is 0 Å². The Bertz CT molecular complexity index is 789. The molecule has 142 valence electrons. The van der Waals surface area contributed by atoms with Crippen molar-refractivity contribution in [3.63, 3.8) is 0 Å². The predicted molar refractivity (Wildman–Crippen MR) is 87.6 cm³/mol. The Morgan fingerprint density at radius 2 is 2.04 bits per heavy atom. The SMILES string of the molecule is CCc1ccc(O)c(C(=O)NCC[C@@](O)(c2nccn2C)C(F)(F)F)c1. The molecule has 0 bridgehead atoms. The van der Waals surface area contributed by atoms with Gasteiger partial charge in [-0.2, -0.15) is 13.2 Å². The number of hydrogen-bond acceptors (Lipinski definition) is 4. The maximum atomic E-state index is 13.4. The topological polar surface area (TPSA) is 87.4 Å². The number of aryl methyl sites for hydroxylation is 2. The molecular weight excluding hydrogens is 351 g/mol. The maximum Gasteiger partial charge on any atom is 0.424 e. The number of carbonyl (C=O) groups is 1. The van der Waals surface area contributed by atoms with Gasteiger partial charge in [0.1, 0.15) is 11.6 Å². The van der Waals surface area contributed by atoms with Crippen LogP contribution in [-0.2, 0) is 19.1 Å². The summed E-state index contributed by atoms with van der Waals surface area (Å²) in [4.78, 5) is 15.8. The minimum atomic E-state index is -4.97. The lowest BCUT2D eigenvalue weighted by Gasteiger charge is -2.30. The van der Waals surface area contributed by atoms with Crippen molar-refractivity contribution >= 4 is 5.91 Å². The number of imidazole rings is 1. The van der Waals surface area contributed by atoms with Crippen LogP contribution < -0.4 is 5.32 Å². The van der Waals surface area contributed by atoms with Crippen LogP contribution in [0, 0.1) is 0 Å². The minimum Gasteiger partial charge on any atom is -0.507 e. The van der Waals surface area contributed by atoms with Crippen LogP contribution in [0.15, 0.2) is 30.6 Å². The molecule has 0 aliphatic heterocycles. The molecule has 2 aromatic rings. The number of aromatic hydroxyl groups is 1. The highest BCUT2D eigenvalue weighted by atomic mass is 19.4. The number of alkyl halides is 3. The van der Waals surface area contributed by atoms with E-state index < -0.39 is 36.5 Å². The van der Waals surface area contributed by atoms with E-state index in [1.54, 1.807) is 6.07 Å². The number of nitrogens with one attached hydrogen (secondary N) is 1. The highest BCUT2D eigenvalue weighted by Crippen LogP contribution is 2.40. The summed E-state index contributed by atoms with van der Waals surface area (Å²) in [5, 5.41) is 22.3. The number of carbonyl (C=O) groups excluding carboxylic acids is 1. The third-order valence-electron chi connectivity index (χ3n) is 4.15. The lowest BCUT2D eigenvalue weighted by atomic mass is 9.97. The van der Waals surface area contributed by atoms with Crippen LogP contribution in [0.3, 0.4) is 0 Å². The van der Waals surface area contributed by atoms with E-state index in [1.165, 1.54) is 25.4 Å². The molecular formula is C17H20F3N3O3. The van der Waals surface area contributed by atoms with E-state index in [9.17, 15) is 28.2 Å². The summed E-state index contributed by atoms with van der Waals surface area (Å²) in [6.07, 6.45) is -2.71. The van der Waals surface area contributed by atoms with Crippen molar-refractivity contribution in [2.75, 3.05) is 6.54 Å². The van der Waals surface area contributed by atoms with Crippen LogP contribution in [0.25, 0.3) is 0 Å². The van der Waals surface area contributed by atoms with Crippen molar-refractivity contribution in [2.45, 2.75) is 31.5 Å². The van der Waals surface area contributed by atoms with Gasteiger partial charge in [0.25, 0.3) is 5.91 Å². The van der Waals surface area contributed by atoms with Crippen molar-refractivity contribution in [1.29, 1.82) is 0 Å². The highest BCUT2D eigenvalue weighted by molar-refractivity contribution is 5.96. The van der Waals surface area contributed by atoms with Crippen molar-refractivity contribution in [1.82, 2.24) is 14.9 Å². The summed E-state index contributed by atoms with van der Waals surface area (Å²) >= 11 is 0. The second kappa shape index (κ2) is 7.36. The van der Waals surface area contributed by atoms with Gasteiger partial charge in [0.2, 0.25) is 5.60 Å². The molecule has 6 nitrogen and oxygen atoms in total. The van der Waals surface area contributed by atoms with E-state index >= 15 is 0 Å². The van der Waals surface area contributed by atoms with Crippen molar-refractivity contribution in [3.8, 4) is 5.75 Å². The molecule has 0 radical (unpaired) electrons. The van der Waals surface area contributed by atoms with Crippen LogP contribution in [0.4, 0.5) is 13.2 Å². The summed E-state index contributed by atoms with van der Waals surface area (Å²) < 4.78 is 41.3. The first-order chi connectivity index (χ1) is 12.1. The van der Waals surface area contributed by atoms with Gasteiger partial charge in [-0.3, -0.25) is 4.79 Å². The molecule has 1 amide bonds. The fourth-order valence-corrected chi connectivity index (χ4v) is 2.58. The molecule has 0 aliphatic carbocycles. The molecule has 2 rings (SSSR count). The fourth-order valence-electron chi connectivity index (χ4n) is 2.58. The highest BCUT2D eigenvalue weighted by Gasteiger charge is 2.57. The zero-order valence-corrected chi connectivity index (χ0v) is 14.3. The summed E-state index contributed by atoms with van der Waals surface area (Å²) in [6, 6.07) is 4.47. The number of benzene rings is 1. The Morgan fingerprint density at radius 3 is 2.58 bits per heavy atom. The van der Waals surface area contributed by atoms with Crippen LogP contribution in [0.5, 0.6) is 5.75 Å². The number of rotatable bonds is 6. The molecule has 1 heterocycles. The molecule has 1 aromatic heterocycles. The summed E-state index contributed by atoms with van der Waals surface area (Å²) in [7, 11) is 1.34. The van der Waals surface area contributed by atoms with E-state index in [0.717, 1.165) is 16.3 Å². The number of hydrogen-bond donors (Lipinski definition) is 3. The van der Waals surface area contributed by atoms with E-state index in [-0.39, 0.29) is 11.3 Å². The van der Waals surface area contributed by atoms with E-state index in [2.05, 4.69) is 10.3 Å². The summed E-state index contributed by atoms with van der Waals surface area (Å²) in [6.45, 7) is 1.40. The second-order valence-corrected chi connectivity index (χ2v) is 5.93. The Hall–Kier alpha value is -2.55. The quantitative estimate of drug-likeness (QED) is 0.727. The number of halogens is 3. The van der Waals surface area contributed by atoms with Crippen molar-refractivity contribution < 1.29 is 28.2 Å². The summed E-state index contributed by atoms with van der Waals surface area (Å²) in [5.41, 5.74) is -2.43. The predicted octanol–water partition coefficient (Wildman–Crippen LogP) is 2.26. The molecule has 0 fully saturated rings. The average Bonchev–Trinajstić information content (AvgIpc) is 3.00. The smallest absolute Gasteiger partial charge is 0.424 e. The molecule has 1 atom stereocenters. The molecule has 0 unspecified atom stereocenters. The van der Waals surface area contributed by atoms with Gasteiger partial charge in [0, 0.05) is 32.4 Å². The monoisotopic (exact) mass is 371 g/mol. The van der Waals surface area contributed by atoms with E-state index in [4.69, 9.17) is 0 Å². The van der Waals surface area contributed by atoms with Crippen molar-refractivity contribution in [2.24, 2.45) is 7.05 Å². The molecule has 26 heavy (non-hydrogen) atoms. The van der Waals surface area contributed by atoms with Gasteiger partial charge in [0.15, 0.2) is 0 Å². The largest absolute Gasteiger partial charge is 0.507 e. The summed E-state index contributed by atoms with van der Waals surface area (Å²) in [5.74, 6) is -1.55. The van der Waals surface area contributed by atoms with Gasteiger partial charge in [-0.1, -0.05) is 13.0 Å². The van der Waals surface area contributed by atoms with Crippen LogP contribution in [0.1, 0.15) is 35.1 Å². The zero-order valence-electron chi connectivity index (χ0n) is 14.3. The average molecular weight is 371 g/mol. The first-order valence-electron chi connectivity index (χ1n) is 7.97. The first kappa shape index (κ1) is 19.8. The number of phenolic OH excluding ortho intramolecular Hbond substituents is 1. The van der Waals surface area contributed by atoms with Gasteiger partial charge >= 0.3 is 6.18 Å². The number of amides is 1. The molecule has 0 spiro atoms. The Balaban J connectivity index is 2.14. The Morgan fingerprint density at radius 1 is 1.35 bits per heavy atom. The maximum absolute atomic E-state index is 13.4. The second-order valence-electron chi connectivity index (χ2n) is 5.93. The van der Waals surface area contributed by atoms with Gasteiger partial charge < -0.3 is 20.1 Å². The third kappa shape index (κ3) is 3.82. The molecule has 0 saturated carbocycles. The standard InChI is InChI=1S/C17H20F3N3O3/c1-3-11-4-5-13(24)12(10-11)14(25)21-7-6-16(26,17(18,19)20)15-22-8-9-23(15)2/h4-5,8-10,24,26H,3,6-7H2,1-2H3,(H,21,25)/t16-/m1/s1. The number of phenols is 1. The number of aromatic nitrogens is 2.